The van der Waals surface area contributed by atoms with Gasteiger partial charge in [0.05, 0.1) is 5.92 Å². The Balaban J connectivity index is 2.69. The van der Waals surface area contributed by atoms with E-state index >= 15 is 0 Å². The van der Waals surface area contributed by atoms with Crippen molar-refractivity contribution in [3.8, 4) is 0 Å². The Morgan fingerprint density at radius 1 is 1.56 bits per heavy atom. The first-order valence-corrected chi connectivity index (χ1v) is 5.10. The molecule has 0 aromatic heterocycles. The molecule has 0 bridgehead atoms. The fourth-order valence-corrected chi connectivity index (χ4v) is 1.52. The van der Waals surface area contributed by atoms with Crippen LogP contribution in [0.4, 0.5) is 4.79 Å². The highest BCUT2D eigenvalue weighted by molar-refractivity contribution is 5.98. The predicted molar refractivity (Wildman–Crippen MR) is 62.7 cm³/mol. The molecule has 4 nitrogen and oxygen atoms in total. The fraction of sp³-hybridized carbons (Fsp3) is 0.333. The van der Waals surface area contributed by atoms with Gasteiger partial charge in [-0.3, -0.25) is 10.1 Å². The van der Waals surface area contributed by atoms with Crippen molar-refractivity contribution in [1.29, 1.82) is 0 Å². The Labute approximate surface area is 95.1 Å². The molecule has 1 fully saturated rings. The van der Waals surface area contributed by atoms with Crippen LogP contribution < -0.4 is 10.6 Å². The average Bonchev–Trinajstić information content (AvgIpc) is 2.20. The maximum absolute atomic E-state index is 11.5. The van der Waals surface area contributed by atoms with Gasteiger partial charge in [0.2, 0.25) is 5.91 Å². The fourth-order valence-electron chi connectivity index (χ4n) is 1.52. The Bertz CT molecular complexity index is 369. The van der Waals surface area contributed by atoms with Gasteiger partial charge in [0, 0.05) is 6.54 Å². The van der Waals surface area contributed by atoms with Crippen molar-refractivity contribution in [2.45, 2.75) is 13.3 Å². The van der Waals surface area contributed by atoms with E-state index in [2.05, 4.69) is 23.8 Å². The summed E-state index contributed by atoms with van der Waals surface area (Å²) in [7, 11) is 0. The van der Waals surface area contributed by atoms with E-state index in [1.54, 1.807) is 6.08 Å². The number of hydrogen-bond acceptors (Lipinski definition) is 2. The highest BCUT2D eigenvalue weighted by atomic mass is 16.2. The maximum Gasteiger partial charge on any atom is 0.321 e. The van der Waals surface area contributed by atoms with E-state index in [-0.39, 0.29) is 11.8 Å². The summed E-state index contributed by atoms with van der Waals surface area (Å²) in [6.07, 6.45) is 4.07. The second kappa shape index (κ2) is 5.30. The van der Waals surface area contributed by atoms with Crippen molar-refractivity contribution in [3.63, 3.8) is 0 Å². The summed E-state index contributed by atoms with van der Waals surface area (Å²) in [4.78, 5) is 22.4. The third-order valence-electron chi connectivity index (χ3n) is 2.45. The number of carbonyl (C=O) groups excluding carboxylic acids is 2. The van der Waals surface area contributed by atoms with Crippen LogP contribution in [0.15, 0.2) is 36.5 Å². The van der Waals surface area contributed by atoms with E-state index in [0.29, 0.717) is 13.0 Å². The molecule has 1 unspecified atom stereocenters. The zero-order valence-electron chi connectivity index (χ0n) is 9.38. The van der Waals surface area contributed by atoms with Gasteiger partial charge in [-0.25, -0.2) is 4.79 Å². The van der Waals surface area contributed by atoms with E-state index in [0.717, 1.165) is 11.1 Å². The topological polar surface area (TPSA) is 58.2 Å². The van der Waals surface area contributed by atoms with Crippen molar-refractivity contribution >= 4 is 11.9 Å². The molecular weight excluding hydrogens is 204 g/mol. The van der Waals surface area contributed by atoms with Crippen LogP contribution in [0.3, 0.4) is 0 Å². The largest absolute Gasteiger partial charge is 0.337 e. The molecule has 1 rings (SSSR count). The van der Waals surface area contributed by atoms with Gasteiger partial charge in [-0.2, -0.15) is 0 Å². The SMILES string of the molecule is C=CC=C(CC1CNC(=O)NC1=O)C(=C)C. The van der Waals surface area contributed by atoms with Crippen LogP contribution in [0.1, 0.15) is 13.3 Å². The van der Waals surface area contributed by atoms with Crippen molar-refractivity contribution < 1.29 is 9.59 Å². The first-order valence-electron chi connectivity index (χ1n) is 5.10. The molecule has 0 aromatic rings. The Hall–Kier alpha value is -1.84. The van der Waals surface area contributed by atoms with Crippen molar-refractivity contribution in [2.24, 2.45) is 5.92 Å². The Morgan fingerprint density at radius 2 is 2.25 bits per heavy atom. The summed E-state index contributed by atoms with van der Waals surface area (Å²) >= 11 is 0. The van der Waals surface area contributed by atoms with Gasteiger partial charge in [0.25, 0.3) is 0 Å². The van der Waals surface area contributed by atoms with E-state index < -0.39 is 6.03 Å². The van der Waals surface area contributed by atoms with Crippen molar-refractivity contribution in [2.75, 3.05) is 6.54 Å². The molecule has 4 heteroatoms. The minimum Gasteiger partial charge on any atom is -0.337 e. The van der Waals surface area contributed by atoms with Gasteiger partial charge in [0.15, 0.2) is 0 Å². The molecule has 1 saturated heterocycles. The van der Waals surface area contributed by atoms with Crippen LogP contribution in [0.2, 0.25) is 0 Å². The minimum atomic E-state index is -0.425. The van der Waals surface area contributed by atoms with E-state index in [9.17, 15) is 9.59 Å². The van der Waals surface area contributed by atoms with Crippen LogP contribution >= 0.6 is 0 Å². The Kier molecular flexibility index (Phi) is 4.05. The molecular formula is C12H16N2O2. The summed E-state index contributed by atoms with van der Waals surface area (Å²) in [5.41, 5.74) is 1.89. The van der Waals surface area contributed by atoms with E-state index in [1.165, 1.54) is 0 Å². The number of amides is 3. The molecule has 3 amide bonds. The monoisotopic (exact) mass is 220 g/mol. The summed E-state index contributed by atoms with van der Waals surface area (Å²) < 4.78 is 0. The summed E-state index contributed by atoms with van der Waals surface area (Å²) in [6.45, 7) is 9.71. The number of nitrogens with one attached hydrogen (secondary N) is 2. The van der Waals surface area contributed by atoms with Crippen LogP contribution in [-0.2, 0) is 4.79 Å². The number of hydrogen-bond donors (Lipinski definition) is 2. The molecule has 16 heavy (non-hydrogen) atoms. The van der Waals surface area contributed by atoms with Crippen molar-refractivity contribution in [1.82, 2.24) is 10.6 Å². The lowest BCUT2D eigenvalue weighted by atomic mass is 9.93. The predicted octanol–water partition coefficient (Wildman–Crippen LogP) is 1.52. The molecule has 0 aromatic carbocycles. The first kappa shape index (κ1) is 12.2. The second-order valence-electron chi connectivity index (χ2n) is 3.81. The molecule has 2 N–H and O–H groups in total. The molecule has 1 heterocycles. The van der Waals surface area contributed by atoms with Crippen LogP contribution in [0, 0.1) is 5.92 Å². The minimum absolute atomic E-state index is 0.236. The average molecular weight is 220 g/mol. The summed E-state index contributed by atoms with van der Waals surface area (Å²) in [5.74, 6) is -0.472. The van der Waals surface area contributed by atoms with Gasteiger partial charge >= 0.3 is 6.03 Å². The highest BCUT2D eigenvalue weighted by Gasteiger charge is 2.26. The first-order chi connectivity index (χ1) is 7.54. The van der Waals surface area contributed by atoms with E-state index in [1.807, 2.05) is 13.0 Å². The molecule has 86 valence electrons. The molecule has 1 aliphatic rings. The molecule has 0 saturated carbocycles. The van der Waals surface area contributed by atoms with E-state index in [4.69, 9.17) is 0 Å². The third-order valence-corrected chi connectivity index (χ3v) is 2.45. The van der Waals surface area contributed by atoms with Gasteiger partial charge < -0.3 is 5.32 Å². The number of allylic oxidation sites excluding steroid dienone is 4. The molecule has 1 aliphatic heterocycles. The lowest BCUT2D eigenvalue weighted by Gasteiger charge is -2.23. The van der Waals surface area contributed by atoms with Crippen LogP contribution in [-0.4, -0.2) is 18.5 Å². The normalized spacial score (nSPS) is 21.1. The summed E-state index contributed by atoms with van der Waals surface area (Å²) in [6, 6.07) is -0.425. The van der Waals surface area contributed by atoms with Gasteiger partial charge in [-0.1, -0.05) is 30.9 Å². The molecule has 1 atom stereocenters. The van der Waals surface area contributed by atoms with Crippen LogP contribution in [0.5, 0.6) is 0 Å². The zero-order valence-corrected chi connectivity index (χ0v) is 9.38. The van der Waals surface area contributed by atoms with Crippen LogP contribution in [0.25, 0.3) is 0 Å². The number of carbonyl (C=O) groups is 2. The third kappa shape index (κ3) is 3.08. The lowest BCUT2D eigenvalue weighted by Crippen LogP contribution is -2.52. The smallest absolute Gasteiger partial charge is 0.321 e. The number of urea groups is 1. The second-order valence-corrected chi connectivity index (χ2v) is 3.81. The standard InChI is InChI=1S/C12H16N2O2/c1-4-5-9(8(2)3)6-10-7-13-12(16)14-11(10)15/h4-5,10H,1-2,6-7H2,3H3,(H2,13,14,15,16). The van der Waals surface area contributed by atoms with Gasteiger partial charge in [0.1, 0.15) is 0 Å². The molecule has 0 spiro atoms. The number of rotatable bonds is 4. The Morgan fingerprint density at radius 3 is 2.75 bits per heavy atom. The highest BCUT2D eigenvalue weighted by Crippen LogP contribution is 2.19. The molecule has 0 radical (unpaired) electrons. The number of imide groups is 1. The zero-order chi connectivity index (χ0) is 12.1. The van der Waals surface area contributed by atoms with Gasteiger partial charge in [-0.05, 0) is 18.9 Å². The lowest BCUT2D eigenvalue weighted by molar-refractivity contribution is -0.124. The summed E-state index contributed by atoms with van der Waals surface area (Å²) in [5, 5.41) is 4.84. The van der Waals surface area contributed by atoms with Gasteiger partial charge in [-0.15, -0.1) is 0 Å². The maximum atomic E-state index is 11.5. The van der Waals surface area contributed by atoms with Crippen molar-refractivity contribution in [3.05, 3.63) is 36.5 Å². The molecule has 0 aliphatic carbocycles. The quantitative estimate of drug-likeness (QED) is 0.706.